The number of rotatable bonds is 6. The molecule has 0 heterocycles. The highest BCUT2D eigenvalue weighted by atomic mass is 16.5. The minimum absolute atomic E-state index is 0.106. The Morgan fingerprint density at radius 3 is 2.61 bits per heavy atom. The second-order valence-corrected chi connectivity index (χ2v) is 5.68. The van der Waals surface area contributed by atoms with Crippen molar-refractivity contribution in [2.75, 3.05) is 7.11 Å². The van der Waals surface area contributed by atoms with Gasteiger partial charge in [0.05, 0.1) is 13.2 Å². The minimum atomic E-state index is -0.106. The first kappa shape index (κ1) is 16.9. The maximum atomic E-state index is 12.2. The molecule has 0 saturated heterocycles. The van der Waals surface area contributed by atoms with Gasteiger partial charge in [0.2, 0.25) is 0 Å². The predicted octanol–water partition coefficient (Wildman–Crippen LogP) is 3.72. The number of carbonyl (C=O) groups is 1. The Balaban J connectivity index is 2.00. The van der Waals surface area contributed by atoms with Crippen LogP contribution >= 0.6 is 0 Å². The summed E-state index contributed by atoms with van der Waals surface area (Å²) >= 11 is 0. The lowest BCUT2D eigenvalue weighted by Crippen LogP contribution is -2.22. The number of methoxy groups -OCH3 is 1. The van der Waals surface area contributed by atoms with E-state index in [2.05, 4.69) is 5.32 Å². The maximum Gasteiger partial charge on any atom is 0.251 e. The second-order valence-electron chi connectivity index (χ2n) is 5.68. The van der Waals surface area contributed by atoms with Gasteiger partial charge in [-0.3, -0.25) is 4.79 Å². The molecule has 0 spiro atoms. The standard InChI is InChI=1S/C19H23NO3/c1-13(2)23-17-7-5-6-15(11-17)12-20-19(21)16-8-9-18(22-4)14(3)10-16/h5-11,13H,12H2,1-4H3,(H,20,21). The van der Waals surface area contributed by atoms with Crippen LogP contribution in [0.25, 0.3) is 0 Å². The normalized spacial score (nSPS) is 10.5. The first-order valence-electron chi connectivity index (χ1n) is 7.68. The van der Waals surface area contributed by atoms with E-state index in [4.69, 9.17) is 9.47 Å². The van der Waals surface area contributed by atoms with E-state index in [0.717, 1.165) is 22.6 Å². The molecule has 0 aromatic heterocycles. The zero-order valence-corrected chi connectivity index (χ0v) is 14.1. The summed E-state index contributed by atoms with van der Waals surface area (Å²) in [6.45, 7) is 6.35. The number of benzene rings is 2. The molecule has 0 bridgehead atoms. The smallest absolute Gasteiger partial charge is 0.251 e. The number of carbonyl (C=O) groups excluding carboxylic acids is 1. The molecule has 0 aliphatic heterocycles. The minimum Gasteiger partial charge on any atom is -0.496 e. The summed E-state index contributed by atoms with van der Waals surface area (Å²) in [5, 5.41) is 2.93. The van der Waals surface area contributed by atoms with E-state index in [9.17, 15) is 4.79 Å². The van der Waals surface area contributed by atoms with Crippen LogP contribution in [0.3, 0.4) is 0 Å². The summed E-state index contributed by atoms with van der Waals surface area (Å²) in [5.41, 5.74) is 2.56. The topological polar surface area (TPSA) is 47.6 Å². The Hall–Kier alpha value is -2.49. The zero-order chi connectivity index (χ0) is 16.8. The number of hydrogen-bond acceptors (Lipinski definition) is 3. The molecule has 2 aromatic carbocycles. The summed E-state index contributed by atoms with van der Waals surface area (Å²) in [6, 6.07) is 13.1. The van der Waals surface area contributed by atoms with Gasteiger partial charge in [-0.05, 0) is 62.2 Å². The Morgan fingerprint density at radius 2 is 1.96 bits per heavy atom. The molecule has 2 rings (SSSR count). The highest BCUT2D eigenvalue weighted by Gasteiger charge is 2.08. The third-order valence-corrected chi connectivity index (χ3v) is 3.38. The molecular weight excluding hydrogens is 290 g/mol. The highest BCUT2D eigenvalue weighted by molar-refractivity contribution is 5.94. The van der Waals surface area contributed by atoms with Gasteiger partial charge in [0.25, 0.3) is 5.91 Å². The van der Waals surface area contributed by atoms with E-state index in [-0.39, 0.29) is 12.0 Å². The van der Waals surface area contributed by atoms with E-state index in [1.54, 1.807) is 19.2 Å². The van der Waals surface area contributed by atoms with Gasteiger partial charge < -0.3 is 14.8 Å². The van der Waals surface area contributed by atoms with Crippen LogP contribution in [-0.2, 0) is 6.54 Å². The Labute approximate surface area is 137 Å². The van der Waals surface area contributed by atoms with E-state index in [1.807, 2.05) is 51.1 Å². The Morgan fingerprint density at radius 1 is 1.17 bits per heavy atom. The van der Waals surface area contributed by atoms with E-state index >= 15 is 0 Å². The molecular formula is C19H23NO3. The molecule has 4 nitrogen and oxygen atoms in total. The predicted molar refractivity (Wildman–Crippen MR) is 91.1 cm³/mol. The van der Waals surface area contributed by atoms with Crippen LogP contribution in [0.5, 0.6) is 11.5 Å². The summed E-state index contributed by atoms with van der Waals surface area (Å²) < 4.78 is 10.9. The van der Waals surface area contributed by atoms with Crippen molar-refractivity contribution in [1.29, 1.82) is 0 Å². The molecule has 23 heavy (non-hydrogen) atoms. The summed E-state index contributed by atoms with van der Waals surface area (Å²) in [4.78, 5) is 12.2. The monoisotopic (exact) mass is 313 g/mol. The van der Waals surface area contributed by atoms with Crippen LogP contribution in [0.1, 0.15) is 35.3 Å². The number of aryl methyl sites for hydroxylation is 1. The SMILES string of the molecule is COc1ccc(C(=O)NCc2cccc(OC(C)C)c2)cc1C. The van der Waals surface area contributed by atoms with Crippen molar-refractivity contribution in [2.24, 2.45) is 0 Å². The summed E-state index contributed by atoms with van der Waals surface area (Å²) in [6.07, 6.45) is 0.127. The van der Waals surface area contributed by atoms with Crippen molar-refractivity contribution in [3.05, 3.63) is 59.2 Å². The lowest BCUT2D eigenvalue weighted by molar-refractivity contribution is 0.0950. The lowest BCUT2D eigenvalue weighted by Gasteiger charge is -2.12. The molecule has 0 aliphatic rings. The van der Waals surface area contributed by atoms with Gasteiger partial charge in [0, 0.05) is 12.1 Å². The fourth-order valence-electron chi connectivity index (χ4n) is 2.30. The second kappa shape index (κ2) is 7.68. The van der Waals surface area contributed by atoms with Gasteiger partial charge in [-0.1, -0.05) is 12.1 Å². The number of nitrogens with one attached hydrogen (secondary N) is 1. The van der Waals surface area contributed by atoms with Crippen molar-refractivity contribution >= 4 is 5.91 Å². The van der Waals surface area contributed by atoms with Crippen LogP contribution in [0.2, 0.25) is 0 Å². The Kier molecular flexibility index (Phi) is 5.63. The average Bonchev–Trinajstić information content (AvgIpc) is 2.52. The van der Waals surface area contributed by atoms with Crippen LogP contribution in [0.4, 0.5) is 0 Å². The van der Waals surface area contributed by atoms with E-state index < -0.39 is 0 Å². The fourth-order valence-corrected chi connectivity index (χ4v) is 2.30. The molecule has 2 aromatic rings. The lowest BCUT2D eigenvalue weighted by atomic mass is 10.1. The molecule has 0 fully saturated rings. The van der Waals surface area contributed by atoms with Gasteiger partial charge in [-0.25, -0.2) is 0 Å². The van der Waals surface area contributed by atoms with Gasteiger partial charge in [-0.15, -0.1) is 0 Å². The van der Waals surface area contributed by atoms with Crippen molar-refractivity contribution in [1.82, 2.24) is 5.32 Å². The zero-order valence-electron chi connectivity index (χ0n) is 14.1. The highest BCUT2D eigenvalue weighted by Crippen LogP contribution is 2.19. The van der Waals surface area contributed by atoms with Gasteiger partial charge in [-0.2, -0.15) is 0 Å². The first-order valence-corrected chi connectivity index (χ1v) is 7.68. The summed E-state index contributed by atoms with van der Waals surface area (Å²) in [7, 11) is 1.62. The molecule has 1 N–H and O–H groups in total. The molecule has 1 amide bonds. The van der Waals surface area contributed by atoms with Crippen molar-refractivity contribution in [3.63, 3.8) is 0 Å². The third-order valence-electron chi connectivity index (χ3n) is 3.38. The molecule has 0 saturated carbocycles. The number of amides is 1. The average molecular weight is 313 g/mol. The molecule has 0 aliphatic carbocycles. The third kappa shape index (κ3) is 4.74. The molecule has 0 radical (unpaired) electrons. The molecule has 122 valence electrons. The van der Waals surface area contributed by atoms with E-state index in [0.29, 0.717) is 12.1 Å². The molecule has 0 atom stereocenters. The maximum absolute atomic E-state index is 12.2. The fraction of sp³-hybridized carbons (Fsp3) is 0.316. The van der Waals surface area contributed by atoms with Gasteiger partial charge in [0.1, 0.15) is 11.5 Å². The first-order chi connectivity index (χ1) is 11.0. The Bertz CT molecular complexity index is 680. The van der Waals surface area contributed by atoms with Gasteiger partial charge >= 0.3 is 0 Å². The summed E-state index contributed by atoms with van der Waals surface area (Å²) in [5.74, 6) is 1.48. The quantitative estimate of drug-likeness (QED) is 0.884. The number of ether oxygens (including phenoxy) is 2. The van der Waals surface area contributed by atoms with Crippen LogP contribution < -0.4 is 14.8 Å². The van der Waals surface area contributed by atoms with Crippen LogP contribution in [0.15, 0.2) is 42.5 Å². The van der Waals surface area contributed by atoms with Crippen LogP contribution in [-0.4, -0.2) is 19.1 Å². The number of hydrogen-bond donors (Lipinski definition) is 1. The van der Waals surface area contributed by atoms with Crippen LogP contribution in [0, 0.1) is 6.92 Å². The van der Waals surface area contributed by atoms with E-state index in [1.165, 1.54) is 0 Å². The van der Waals surface area contributed by atoms with Gasteiger partial charge in [0.15, 0.2) is 0 Å². The molecule has 0 unspecified atom stereocenters. The van der Waals surface area contributed by atoms with Crippen molar-refractivity contribution < 1.29 is 14.3 Å². The van der Waals surface area contributed by atoms with Crippen molar-refractivity contribution in [3.8, 4) is 11.5 Å². The largest absolute Gasteiger partial charge is 0.496 e. The van der Waals surface area contributed by atoms with Crippen molar-refractivity contribution in [2.45, 2.75) is 33.4 Å². The molecule has 4 heteroatoms.